The van der Waals surface area contributed by atoms with E-state index in [4.69, 9.17) is 23.7 Å². The molecule has 0 saturated carbocycles. The fourth-order valence-corrected chi connectivity index (χ4v) is 9.41. The highest BCUT2D eigenvalue weighted by atomic mass is 16.7. The molecule has 1 aliphatic rings. The quantitative estimate of drug-likeness (QED) is 0.0228. The summed E-state index contributed by atoms with van der Waals surface area (Å²) in [4.78, 5) is 51.3. The van der Waals surface area contributed by atoms with E-state index in [0.717, 1.165) is 109 Å². The minimum absolute atomic E-state index is 0.0301. The van der Waals surface area contributed by atoms with Crippen molar-refractivity contribution in [3.8, 4) is 0 Å². The molecular weight excluding hydrogens is 1040 g/mol. The first-order chi connectivity index (χ1) is 40.6. The largest absolute Gasteiger partial charge is 0.479 e. The Morgan fingerprint density at radius 1 is 0.410 bits per heavy atom. The molecule has 6 atom stereocenters. The molecule has 83 heavy (non-hydrogen) atoms. The third-order valence-corrected chi connectivity index (χ3v) is 14.4. The van der Waals surface area contributed by atoms with Gasteiger partial charge in [-0.1, -0.05) is 265 Å². The number of aliphatic carboxylic acids is 1. The van der Waals surface area contributed by atoms with Crippen molar-refractivity contribution in [2.45, 2.75) is 302 Å². The minimum Gasteiger partial charge on any atom is -0.479 e. The van der Waals surface area contributed by atoms with Gasteiger partial charge in [-0.15, -0.1) is 0 Å². The standard InChI is InChI=1S/C71H116O12/c1-4-7-10-13-16-19-22-25-28-30-32-34-37-39-42-45-48-51-54-57-63(72)79-60-62(81-64(73)58-55-52-49-46-43-41-38-35-33-31-29-26-23-20-17-14-11-8-5-2)61-80-71-69(67(76)66(75)68(83-71)70(77)78)82-65(74)59-56-53-50-47-44-40-36-27-24-21-18-15-12-9-6-3/h7,9-10,12,16,18-19,21,25,27-28,32,34,36,39,42,48,51,62,66-69,71,75-76H,4-6,8,11,13-15,17,20,22-24,26,29-31,33,35,37-38,40-41,43-47,49-50,52-61H2,1-3H3,(H,77,78)/b10-7-,12-9-,19-16-,21-18-,28-25-,34-32-,36-27-,42-39-,51-48-. The van der Waals surface area contributed by atoms with E-state index in [2.05, 4.69) is 118 Å². The molecule has 0 amide bonds. The minimum atomic E-state index is -1.92. The van der Waals surface area contributed by atoms with Crippen molar-refractivity contribution in [2.75, 3.05) is 13.2 Å². The molecule has 1 saturated heterocycles. The van der Waals surface area contributed by atoms with Crippen LogP contribution in [0, 0.1) is 0 Å². The molecule has 0 aliphatic carbocycles. The molecule has 0 aromatic carbocycles. The molecule has 1 fully saturated rings. The van der Waals surface area contributed by atoms with Gasteiger partial charge in [0.1, 0.15) is 18.8 Å². The average Bonchev–Trinajstić information content (AvgIpc) is 3.58. The van der Waals surface area contributed by atoms with Crippen molar-refractivity contribution in [3.05, 3.63) is 109 Å². The van der Waals surface area contributed by atoms with Gasteiger partial charge in [0.15, 0.2) is 24.6 Å². The highest BCUT2D eigenvalue weighted by molar-refractivity contribution is 5.74. The number of aliphatic hydroxyl groups is 2. The molecule has 1 heterocycles. The molecular formula is C71H116O12. The number of allylic oxidation sites excluding steroid dienone is 18. The second kappa shape index (κ2) is 57.8. The van der Waals surface area contributed by atoms with Crippen LogP contribution in [0.2, 0.25) is 0 Å². The maximum Gasteiger partial charge on any atom is 0.335 e. The van der Waals surface area contributed by atoms with E-state index in [1.54, 1.807) is 0 Å². The smallest absolute Gasteiger partial charge is 0.335 e. The lowest BCUT2D eigenvalue weighted by atomic mass is 9.98. The molecule has 1 rings (SSSR count). The van der Waals surface area contributed by atoms with Crippen LogP contribution in [-0.4, -0.2) is 89.2 Å². The first-order valence-corrected chi connectivity index (χ1v) is 32.9. The van der Waals surface area contributed by atoms with Gasteiger partial charge in [-0.25, -0.2) is 4.79 Å². The number of ether oxygens (including phenoxy) is 5. The van der Waals surface area contributed by atoms with E-state index in [9.17, 15) is 34.5 Å². The summed E-state index contributed by atoms with van der Waals surface area (Å²) in [5.74, 6) is -3.25. The number of carbonyl (C=O) groups is 4. The molecule has 1 aliphatic heterocycles. The number of carbonyl (C=O) groups excluding carboxylic acids is 3. The molecule has 0 spiro atoms. The van der Waals surface area contributed by atoms with Gasteiger partial charge in [0.25, 0.3) is 0 Å². The van der Waals surface area contributed by atoms with Gasteiger partial charge in [-0.05, 0) is 89.9 Å². The van der Waals surface area contributed by atoms with Crippen molar-refractivity contribution in [3.63, 3.8) is 0 Å². The monoisotopic (exact) mass is 1160 g/mol. The Bertz CT molecular complexity index is 1860. The van der Waals surface area contributed by atoms with Gasteiger partial charge in [0, 0.05) is 19.3 Å². The Morgan fingerprint density at radius 3 is 1.20 bits per heavy atom. The van der Waals surface area contributed by atoms with Crippen molar-refractivity contribution in [1.82, 2.24) is 0 Å². The van der Waals surface area contributed by atoms with Crippen LogP contribution in [0.4, 0.5) is 0 Å². The maximum absolute atomic E-state index is 13.2. The lowest BCUT2D eigenvalue weighted by molar-refractivity contribution is -0.301. The number of rotatable bonds is 55. The van der Waals surface area contributed by atoms with Gasteiger partial charge >= 0.3 is 23.9 Å². The van der Waals surface area contributed by atoms with Crippen LogP contribution in [0.5, 0.6) is 0 Å². The van der Waals surface area contributed by atoms with E-state index in [0.29, 0.717) is 19.3 Å². The highest BCUT2D eigenvalue weighted by Crippen LogP contribution is 2.26. The highest BCUT2D eigenvalue weighted by Gasteiger charge is 2.50. The molecule has 472 valence electrons. The second-order valence-electron chi connectivity index (χ2n) is 22.0. The fraction of sp³-hybridized carbons (Fsp3) is 0.690. The van der Waals surface area contributed by atoms with Gasteiger partial charge < -0.3 is 39.0 Å². The molecule has 12 heteroatoms. The number of hydrogen-bond acceptors (Lipinski definition) is 11. The van der Waals surface area contributed by atoms with E-state index < -0.39 is 67.3 Å². The third-order valence-electron chi connectivity index (χ3n) is 14.4. The fourth-order valence-electron chi connectivity index (χ4n) is 9.41. The zero-order valence-electron chi connectivity index (χ0n) is 52.2. The van der Waals surface area contributed by atoms with E-state index in [1.807, 2.05) is 12.2 Å². The molecule has 0 aromatic heterocycles. The first kappa shape index (κ1) is 76.4. The van der Waals surface area contributed by atoms with Gasteiger partial charge in [-0.2, -0.15) is 0 Å². The van der Waals surface area contributed by atoms with Crippen LogP contribution in [0.1, 0.15) is 265 Å². The van der Waals surface area contributed by atoms with Crippen LogP contribution in [0.3, 0.4) is 0 Å². The lowest BCUT2D eigenvalue weighted by Gasteiger charge is -2.40. The van der Waals surface area contributed by atoms with E-state index in [1.165, 1.54) is 96.3 Å². The number of carboxylic acids is 1. The Hall–Kier alpha value is -4.62. The number of esters is 3. The van der Waals surface area contributed by atoms with Crippen LogP contribution < -0.4 is 0 Å². The van der Waals surface area contributed by atoms with Gasteiger partial charge in [-0.3, -0.25) is 14.4 Å². The van der Waals surface area contributed by atoms with E-state index >= 15 is 0 Å². The van der Waals surface area contributed by atoms with Gasteiger partial charge in [0.2, 0.25) is 0 Å². The summed E-state index contributed by atoms with van der Waals surface area (Å²) in [7, 11) is 0. The first-order valence-electron chi connectivity index (χ1n) is 32.9. The molecule has 0 radical (unpaired) electrons. The van der Waals surface area contributed by atoms with Crippen LogP contribution in [-0.2, 0) is 42.9 Å². The summed E-state index contributed by atoms with van der Waals surface area (Å²) < 4.78 is 28.4. The van der Waals surface area contributed by atoms with Crippen LogP contribution in [0.25, 0.3) is 0 Å². The van der Waals surface area contributed by atoms with Crippen LogP contribution in [0.15, 0.2) is 109 Å². The summed E-state index contributed by atoms with van der Waals surface area (Å²) in [6, 6.07) is 0. The number of hydrogen-bond donors (Lipinski definition) is 3. The lowest BCUT2D eigenvalue weighted by Crippen LogP contribution is -2.61. The number of aliphatic hydroxyl groups excluding tert-OH is 2. The molecule has 0 bridgehead atoms. The zero-order chi connectivity index (χ0) is 60.3. The van der Waals surface area contributed by atoms with Crippen molar-refractivity contribution in [2.24, 2.45) is 0 Å². The topological polar surface area (TPSA) is 175 Å². The second-order valence-corrected chi connectivity index (χ2v) is 22.0. The van der Waals surface area contributed by atoms with Crippen molar-refractivity contribution >= 4 is 23.9 Å². The zero-order valence-corrected chi connectivity index (χ0v) is 52.2. The Balaban J connectivity index is 2.71. The van der Waals surface area contributed by atoms with Crippen molar-refractivity contribution < 1.29 is 58.2 Å². The number of carboxylic acid groups (broad SMARTS) is 1. The Kier molecular flexibility index (Phi) is 53.2. The van der Waals surface area contributed by atoms with Gasteiger partial charge in [0.05, 0.1) is 6.61 Å². The summed E-state index contributed by atoms with van der Waals surface area (Å²) in [6.07, 6.45) is 66.3. The molecule has 12 nitrogen and oxygen atoms in total. The predicted molar refractivity (Wildman–Crippen MR) is 340 cm³/mol. The Morgan fingerprint density at radius 2 is 0.783 bits per heavy atom. The molecule has 0 aromatic rings. The molecule has 6 unspecified atom stereocenters. The maximum atomic E-state index is 13.2. The third kappa shape index (κ3) is 47.3. The predicted octanol–water partition coefficient (Wildman–Crippen LogP) is 17.8. The summed E-state index contributed by atoms with van der Waals surface area (Å²) in [5.41, 5.74) is 0. The Labute approximate surface area is 504 Å². The number of unbranched alkanes of at least 4 members (excludes halogenated alkanes) is 23. The van der Waals surface area contributed by atoms with Crippen molar-refractivity contribution in [1.29, 1.82) is 0 Å². The average molecular weight is 1160 g/mol. The normalized spacial score (nSPS) is 18.3. The summed E-state index contributed by atoms with van der Waals surface area (Å²) in [5, 5.41) is 31.6. The molecule has 3 N–H and O–H groups in total. The SMILES string of the molecule is CC/C=C\C/C=C\C/C=C\C/C=C\C/C=C\C/C=C\CCC(=O)OCC(COC1OC(C(=O)O)C(O)C(O)C1OC(=O)CCCCCCC/C=C\C/C=C\C/C=C\CC)OC(=O)CCCCCCCCCCCCCCCCCCCCC. The summed E-state index contributed by atoms with van der Waals surface area (Å²) >= 11 is 0. The van der Waals surface area contributed by atoms with Crippen LogP contribution >= 0.6 is 0 Å². The van der Waals surface area contributed by atoms with E-state index in [-0.39, 0.29) is 25.9 Å². The summed E-state index contributed by atoms with van der Waals surface area (Å²) in [6.45, 7) is 5.72.